The van der Waals surface area contributed by atoms with Gasteiger partial charge in [0, 0.05) is 24.6 Å². The lowest BCUT2D eigenvalue weighted by Crippen LogP contribution is -2.08. The number of benzene rings is 1. The number of hydrogen-bond donors (Lipinski definition) is 2. The van der Waals surface area contributed by atoms with Crippen LogP contribution in [0.1, 0.15) is 19.4 Å². The maximum Gasteiger partial charge on any atom is 0.384 e. The molecule has 0 amide bonds. The highest BCUT2D eigenvalue weighted by Crippen LogP contribution is 2.26. The predicted octanol–water partition coefficient (Wildman–Crippen LogP) is 2.67. The van der Waals surface area contributed by atoms with Crippen LogP contribution in [0.2, 0.25) is 5.02 Å². The summed E-state index contributed by atoms with van der Waals surface area (Å²) in [6.45, 7) is 5.42. The Balaban J connectivity index is 2.54. The van der Waals surface area contributed by atoms with Crippen LogP contribution in [0.3, 0.4) is 0 Å². The van der Waals surface area contributed by atoms with Gasteiger partial charge in [0.15, 0.2) is 11.6 Å². The number of ether oxygens (including phenoxy) is 1. The van der Waals surface area contributed by atoms with Crippen LogP contribution in [0.25, 0.3) is 11.0 Å². The quantitative estimate of drug-likeness (QED) is 0.662. The zero-order valence-electron chi connectivity index (χ0n) is 13.2. The molecule has 1 aromatic heterocycles. The van der Waals surface area contributed by atoms with E-state index in [1.54, 1.807) is 12.1 Å². The van der Waals surface area contributed by atoms with Gasteiger partial charge in [0.2, 0.25) is 0 Å². The maximum atomic E-state index is 11.1. The Bertz CT molecular complexity index is 796. The van der Waals surface area contributed by atoms with Crippen molar-refractivity contribution in [1.82, 2.24) is 9.97 Å². The van der Waals surface area contributed by atoms with Gasteiger partial charge in [0.1, 0.15) is 0 Å². The molecule has 0 saturated carbocycles. The van der Waals surface area contributed by atoms with E-state index in [-0.39, 0.29) is 0 Å². The van der Waals surface area contributed by atoms with Crippen molar-refractivity contribution in [2.24, 2.45) is 0 Å². The number of fused-ring (bicyclic) bond motifs is 1. The van der Waals surface area contributed by atoms with Gasteiger partial charge in [-0.05, 0) is 26.0 Å². The van der Waals surface area contributed by atoms with Gasteiger partial charge in [-0.1, -0.05) is 17.5 Å². The highest BCUT2D eigenvalue weighted by Gasteiger charge is 2.10. The molecule has 2 aromatic rings. The third kappa shape index (κ3) is 4.02. The lowest BCUT2D eigenvalue weighted by molar-refractivity contribution is -0.133. The van der Waals surface area contributed by atoms with Crippen molar-refractivity contribution in [1.29, 1.82) is 0 Å². The van der Waals surface area contributed by atoms with Gasteiger partial charge in [-0.15, -0.1) is 0 Å². The molecule has 1 heterocycles. The molecule has 0 unspecified atom stereocenters. The Labute approximate surface area is 139 Å². The van der Waals surface area contributed by atoms with Crippen LogP contribution in [0.5, 0.6) is 0 Å². The summed E-state index contributed by atoms with van der Waals surface area (Å²) < 4.78 is 4.49. The van der Waals surface area contributed by atoms with Crippen molar-refractivity contribution < 1.29 is 9.53 Å². The van der Waals surface area contributed by atoms with E-state index in [9.17, 15) is 4.79 Å². The lowest BCUT2D eigenvalue weighted by Gasteiger charge is -2.11. The molecule has 0 radical (unpaired) electrons. The number of anilines is 2. The summed E-state index contributed by atoms with van der Waals surface area (Å²) in [7, 11) is 1.27. The van der Waals surface area contributed by atoms with Gasteiger partial charge in [0.25, 0.3) is 0 Å². The SMILES string of the molecule is CCNc1nc2cc(Cl)c(C#CC(=O)OC)cc2nc1NCC. The van der Waals surface area contributed by atoms with Crippen molar-refractivity contribution in [3.05, 3.63) is 22.7 Å². The molecule has 0 aliphatic rings. The van der Waals surface area contributed by atoms with E-state index < -0.39 is 5.97 Å². The summed E-state index contributed by atoms with van der Waals surface area (Å²) in [5, 5.41) is 6.74. The monoisotopic (exact) mass is 332 g/mol. The van der Waals surface area contributed by atoms with Crippen molar-refractivity contribution in [2.45, 2.75) is 13.8 Å². The van der Waals surface area contributed by atoms with E-state index in [0.717, 1.165) is 13.1 Å². The molecule has 2 N–H and O–H groups in total. The molecule has 0 spiro atoms. The summed E-state index contributed by atoms with van der Waals surface area (Å²) in [4.78, 5) is 20.2. The Morgan fingerprint density at radius 3 is 2.26 bits per heavy atom. The van der Waals surface area contributed by atoms with Crippen LogP contribution in [0.4, 0.5) is 11.6 Å². The van der Waals surface area contributed by atoms with E-state index in [4.69, 9.17) is 11.6 Å². The van der Waals surface area contributed by atoms with E-state index in [2.05, 4.69) is 37.2 Å². The van der Waals surface area contributed by atoms with E-state index >= 15 is 0 Å². The standard InChI is InChI=1S/C16H17ClN4O2/c1-4-18-15-16(19-5-2)21-13-9-11(17)10(8-12(13)20-15)6-7-14(22)23-3/h8-9H,4-5H2,1-3H3,(H,18,20)(H,19,21). The summed E-state index contributed by atoms with van der Waals surface area (Å²) in [5.41, 5.74) is 1.79. The van der Waals surface area contributed by atoms with Crippen molar-refractivity contribution in [3.63, 3.8) is 0 Å². The van der Waals surface area contributed by atoms with E-state index in [1.807, 2.05) is 13.8 Å². The summed E-state index contributed by atoms with van der Waals surface area (Å²) >= 11 is 6.20. The molecule has 2 rings (SSSR count). The third-order valence-electron chi connectivity index (χ3n) is 2.93. The molecule has 0 fully saturated rings. The first kappa shape index (κ1) is 16.8. The molecule has 7 heteroatoms. The second-order valence-corrected chi connectivity index (χ2v) is 4.95. The molecular weight excluding hydrogens is 316 g/mol. The Morgan fingerprint density at radius 2 is 1.74 bits per heavy atom. The predicted molar refractivity (Wildman–Crippen MR) is 91.8 cm³/mol. The Morgan fingerprint density at radius 1 is 1.17 bits per heavy atom. The van der Waals surface area contributed by atoms with Crippen LogP contribution in [0, 0.1) is 11.8 Å². The molecule has 0 saturated heterocycles. The molecule has 120 valence electrons. The molecule has 6 nitrogen and oxygen atoms in total. The van der Waals surface area contributed by atoms with Gasteiger partial charge in [-0.2, -0.15) is 0 Å². The first-order chi connectivity index (χ1) is 11.1. The molecule has 23 heavy (non-hydrogen) atoms. The number of rotatable bonds is 4. The van der Waals surface area contributed by atoms with Gasteiger partial charge < -0.3 is 15.4 Å². The first-order valence-corrected chi connectivity index (χ1v) is 7.55. The normalized spacial score (nSPS) is 9.91. The highest BCUT2D eigenvalue weighted by molar-refractivity contribution is 6.32. The summed E-state index contributed by atoms with van der Waals surface area (Å²) in [5.74, 6) is 5.75. The second-order valence-electron chi connectivity index (χ2n) is 4.54. The second kappa shape index (κ2) is 7.65. The van der Waals surface area contributed by atoms with Crippen molar-refractivity contribution >= 4 is 40.2 Å². The first-order valence-electron chi connectivity index (χ1n) is 7.18. The topological polar surface area (TPSA) is 76.1 Å². The number of carbonyl (C=O) groups is 1. The number of halogens is 1. The van der Waals surface area contributed by atoms with Crippen LogP contribution >= 0.6 is 11.6 Å². The van der Waals surface area contributed by atoms with Crippen LogP contribution in [0.15, 0.2) is 12.1 Å². The van der Waals surface area contributed by atoms with Gasteiger partial charge in [-0.25, -0.2) is 14.8 Å². The largest absolute Gasteiger partial charge is 0.459 e. The van der Waals surface area contributed by atoms with Crippen LogP contribution in [-0.2, 0) is 9.53 Å². The zero-order valence-corrected chi connectivity index (χ0v) is 13.9. The lowest BCUT2D eigenvalue weighted by atomic mass is 10.2. The number of aromatic nitrogens is 2. The Hall–Kier alpha value is -2.52. The van der Waals surface area contributed by atoms with Gasteiger partial charge in [-0.3, -0.25) is 0 Å². The summed E-state index contributed by atoms with van der Waals surface area (Å²) in [6.07, 6.45) is 0. The van der Waals surface area contributed by atoms with E-state index in [0.29, 0.717) is 33.3 Å². The number of hydrogen-bond acceptors (Lipinski definition) is 6. The molecule has 0 aliphatic carbocycles. The minimum absolute atomic E-state index is 0.404. The maximum absolute atomic E-state index is 11.1. The molecule has 0 atom stereocenters. The smallest absolute Gasteiger partial charge is 0.384 e. The fraction of sp³-hybridized carbons (Fsp3) is 0.312. The average molecular weight is 333 g/mol. The minimum atomic E-state index is -0.622. The number of nitrogens with zero attached hydrogens (tertiary/aromatic N) is 2. The molecule has 0 bridgehead atoms. The fourth-order valence-corrected chi connectivity index (χ4v) is 2.13. The van der Waals surface area contributed by atoms with Gasteiger partial charge >= 0.3 is 5.97 Å². The van der Waals surface area contributed by atoms with Crippen molar-refractivity contribution in [2.75, 3.05) is 30.8 Å². The number of esters is 1. The van der Waals surface area contributed by atoms with Crippen molar-refractivity contribution in [3.8, 4) is 11.8 Å². The number of methoxy groups -OCH3 is 1. The zero-order chi connectivity index (χ0) is 16.8. The molecule has 1 aromatic carbocycles. The molecule has 0 aliphatic heterocycles. The van der Waals surface area contributed by atoms with Crippen LogP contribution in [-0.4, -0.2) is 36.1 Å². The van der Waals surface area contributed by atoms with Crippen LogP contribution < -0.4 is 10.6 Å². The number of nitrogens with one attached hydrogen (secondary N) is 2. The highest BCUT2D eigenvalue weighted by atomic mass is 35.5. The van der Waals surface area contributed by atoms with E-state index in [1.165, 1.54) is 7.11 Å². The minimum Gasteiger partial charge on any atom is -0.459 e. The third-order valence-corrected chi connectivity index (χ3v) is 3.24. The molecular formula is C16H17ClN4O2. The fourth-order valence-electron chi connectivity index (χ4n) is 1.92. The summed E-state index contributed by atoms with van der Waals surface area (Å²) in [6, 6.07) is 3.39. The Kier molecular flexibility index (Phi) is 5.61. The average Bonchev–Trinajstić information content (AvgIpc) is 2.54. The van der Waals surface area contributed by atoms with Gasteiger partial charge in [0.05, 0.1) is 23.2 Å². The number of carbonyl (C=O) groups excluding carboxylic acids is 1.